The van der Waals surface area contributed by atoms with Crippen LogP contribution in [0.1, 0.15) is 53.5 Å². The Balaban J connectivity index is 3.13. The average molecular weight is 525 g/mol. The van der Waals surface area contributed by atoms with Gasteiger partial charge in [0, 0.05) is 14.2 Å². The van der Waals surface area contributed by atoms with Crippen LogP contribution in [0.4, 0.5) is 4.79 Å². The smallest absolute Gasteiger partial charge is 0.408 e. The van der Waals surface area contributed by atoms with Crippen LogP contribution in [0, 0.1) is 0 Å². The monoisotopic (exact) mass is 524 g/mol. The molecule has 208 valence electrons. The average Bonchev–Trinajstić information content (AvgIpc) is 2.77. The van der Waals surface area contributed by atoms with Crippen molar-refractivity contribution in [3.63, 3.8) is 0 Å². The maximum absolute atomic E-state index is 13.6. The highest BCUT2D eigenvalue weighted by atomic mass is 16.7. The highest BCUT2D eigenvalue weighted by Gasteiger charge is 2.34. The molecule has 0 saturated heterocycles. The lowest BCUT2D eigenvalue weighted by Crippen LogP contribution is -2.53. The molecule has 0 saturated carbocycles. The number of benzene rings is 1. The van der Waals surface area contributed by atoms with Gasteiger partial charge in [-0.15, -0.1) is 0 Å². The first kappa shape index (κ1) is 31.8. The Hall–Kier alpha value is -3.18. The summed E-state index contributed by atoms with van der Waals surface area (Å²) in [6.07, 6.45) is -2.29. The molecule has 0 bridgehead atoms. The summed E-state index contributed by atoms with van der Waals surface area (Å²) in [5, 5.41) is 2.43. The van der Waals surface area contributed by atoms with Gasteiger partial charge in [-0.25, -0.2) is 4.79 Å². The minimum absolute atomic E-state index is 0.0446. The number of alkyl carbamates (subject to hydrolysis) is 1. The molecule has 1 N–H and O–H groups in total. The van der Waals surface area contributed by atoms with E-state index >= 15 is 0 Å². The maximum Gasteiger partial charge on any atom is 0.408 e. The van der Waals surface area contributed by atoms with Crippen LogP contribution in [-0.2, 0) is 44.7 Å². The summed E-state index contributed by atoms with van der Waals surface area (Å²) in [4.78, 5) is 52.3. The fourth-order valence-corrected chi connectivity index (χ4v) is 3.06. The van der Waals surface area contributed by atoms with Crippen molar-refractivity contribution in [2.45, 2.75) is 78.1 Å². The Kier molecular flexibility index (Phi) is 12.5. The highest BCUT2D eigenvalue weighted by Crippen LogP contribution is 2.13. The number of nitrogens with one attached hydrogen (secondary N) is 1. The Labute approximate surface area is 218 Å². The number of nitrogens with zero attached hydrogens (tertiary/aromatic N) is 1. The Morgan fingerprint density at radius 2 is 1.41 bits per heavy atom. The zero-order chi connectivity index (χ0) is 28.2. The first-order valence-corrected chi connectivity index (χ1v) is 11.9. The summed E-state index contributed by atoms with van der Waals surface area (Å²) < 4.78 is 26.3. The number of esters is 2. The topological polar surface area (TPSA) is 130 Å². The Morgan fingerprint density at radius 1 is 0.865 bits per heavy atom. The van der Waals surface area contributed by atoms with Crippen molar-refractivity contribution in [2.24, 2.45) is 0 Å². The minimum atomic E-state index is -1.39. The second kappa shape index (κ2) is 14.5. The first-order valence-electron chi connectivity index (χ1n) is 11.9. The second-order valence-electron chi connectivity index (χ2n) is 10.3. The van der Waals surface area contributed by atoms with Crippen LogP contribution in [-0.4, -0.2) is 79.7 Å². The lowest BCUT2D eigenvalue weighted by atomic mass is 10.1. The molecular formula is C26H40N2O9. The number of rotatable bonds is 12. The van der Waals surface area contributed by atoms with Crippen molar-refractivity contribution >= 4 is 23.9 Å². The van der Waals surface area contributed by atoms with E-state index in [-0.39, 0.29) is 13.2 Å². The number of amides is 2. The van der Waals surface area contributed by atoms with Gasteiger partial charge in [0.05, 0.1) is 13.0 Å². The van der Waals surface area contributed by atoms with E-state index in [9.17, 15) is 19.2 Å². The van der Waals surface area contributed by atoms with E-state index in [4.69, 9.17) is 23.7 Å². The van der Waals surface area contributed by atoms with Gasteiger partial charge in [0.1, 0.15) is 30.4 Å². The van der Waals surface area contributed by atoms with Crippen LogP contribution in [0.5, 0.6) is 0 Å². The van der Waals surface area contributed by atoms with Gasteiger partial charge in [-0.05, 0) is 47.1 Å². The lowest BCUT2D eigenvalue weighted by Gasteiger charge is -2.30. The SMILES string of the molecule is COC(CN(CC(=O)OC(C)(C)C)C(=O)[C@H](CC(=O)OC(C)(C)C)NC(=O)OCc1ccccc1)OC. The minimum Gasteiger partial charge on any atom is -0.460 e. The van der Waals surface area contributed by atoms with Gasteiger partial charge in [0.25, 0.3) is 0 Å². The first-order chi connectivity index (χ1) is 17.1. The number of methoxy groups -OCH3 is 2. The van der Waals surface area contributed by atoms with Crippen LogP contribution in [0.15, 0.2) is 30.3 Å². The lowest BCUT2D eigenvalue weighted by molar-refractivity contribution is -0.165. The predicted molar refractivity (Wildman–Crippen MR) is 134 cm³/mol. The van der Waals surface area contributed by atoms with Gasteiger partial charge < -0.3 is 33.9 Å². The van der Waals surface area contributed by atoms with Gasteiger partial charge in [-0.1, -0.05) is 30.3 Å². The summed E-state index contributed by atoms with van der Waals surface area (Å²) in [6, 6.07) is 7.56. The van der Waals surface area contributed by atoms with Crippen LogP contribution in [0.3, 0.4) is 0 Å². The number of hydrogen-bond acceptors (Lipinski definition) is 9. The number of hydrogen-bond donors (Lipinski definition) is 1. The number of ether oxygens (including phenoxy) is 5. The molecule has 37 heavy (non-hydrogen) atoms. The summed E-state index contributed by atoms with van der Waals surface area (Å²) in [5.74, 6) is -2.15. The zero-order valence-corrected chi connectivity index (χ0v) is 23.0. The van der Waals surface area contributed by atoms with Crippen molar-refractivity contribution < 1.29 is 42.9 Å². The molecule has 0 aliphatic carbocycles. The normalized spacial score (nSPS) is 12.5. The molecule has 1 rings (SSSR count). The van der Waals surface area contributed by atoms with Crippen LogP contribution >= 0.6 is 0 Å². The third-order valence-electron chi connectivity index (χ3n) is 4.54. The van der Waals surface area contributed by atoms with E-state index in [0.717, 1.165) is 10.5 Å². The fourth-order valence-electron chi connectivity index (χ4n) is 3.06. The molecule has 11 heteroatoms. The summed E-state index contributed by atoms with van der Waals surface area (Å²) in [7, 11) is 2.75. The number of carbonyl (C=O) groups is 4. The quantitative estimate of drug-likeness (QED) is 0.249. The van der Waals surface area contributed by atoms with E-state index < -0.39 is 60.4 Å². The molecule has 0 heterocycles. The van der Waals surface area contributed by atoms with Gasteiger partial charge in [0.2, 0.25) is 5.91 Å². The highest BCUT2D eigenvalue weighted by molar-refractivity contribution is 5.91. The summed E-state index contributed by atoms with van der Waals surface area (Å²) in [5.41, 5.74) is -0.864. The van der Waals surface area contributed by atoms with E-state index in [0.29, 0.717) is 0 Å². The molecule has 0 aromatic heterocycles. The second-order valence-corrected chi connectivity index (χ2v) is 10.3. The van der Waals surface area contributed by atoms with Gasteiger partial charge in [-0.2, -0.15) is 0 Å². The van der Waals surface area contributed by atoms with E-state index in [1.807, 2.05) is 6.07 Å². The van der Waals surface area contributed by atoms with Crippen molar-refractivity contribution in [1.82, 2.24) is 10.2 Å². The van der Waals surface area contributed by atoms with Crippen molar-refractivity contribution in [3.05, 3.63) is 35.9 Å². The Morgan fingerprint density at radius 3 is 1.92 bits per heavy atom. The molecular weight excluding hydrogens is 484 g/mol. The molecule has 1 aromatic carbocycles. The van der Waals surface area contributed by atoms with Gasteiger partial charge >= 0.3 is 18.0 Å². The van der Waals surface area contributed by atoms with E-state index in [1.165, 1.54) is 14.2 Å². The summed E-state index contributed by atoms with van der Waals surface area (Å²) in [6.45, 7) is 9.44. The maximum atomic E-state index is 13.6. The van der Waals surface area contributed by atoms with Gasteiger partial charge in [0.15, 0.2) is 6.29 Å². The van der Waals surface area contributed by atoms with Crippen molar-refractivity contribution in [3.8, 4) is 0 Å². The zero-order valence-electron chi connectivity index (χ0n) is 23.0. The molecule has 2 amide bonds. The number of carbonyl (C=O) groups excluding carboxylic acids is 4. The molecule has 0 aliphatic heterocycles. The van der Waals surface area contributed by atoms with Crippen molar-refractivity contribution in [2.75, 3.05) is 27.3 Å². The standard InChI is InChI=1S/C26H40N2O9/c1-25(2,3)36-20(29)14-19(27-24(32)35-17-18-12-10-9-11-13-18)23(31)28(16-22(33-7)34-8)15-21(30)37-26(4,5)6/h9-13,19,22H,14-17H2,1-8H3,(H,27,32)/t19-/m0/s1. The molecule has 0 aliphatic rings. The molecule has 11 nitrogen and oxygen atoms in total. The fraction of sp³-hybridized carbons (Fsp3) is 0.615. The summed E-state index contributed by atoms with van der Waals surface area (Å²) >= 11 is 0. The van der Waals surface area contributed by atoms with Crippen LogP contribution in [0.25, 0.3) is 0 Å². The third kappa shape index (κ3) is 13.6. The third-order valence-corrected chi connectivity index (χ3v) is 4.54. The molecule has 0 fully saturated rings. The molecule has 1 aromatic rings. The molecule has 0 spiro atoms. The largest absolute Gasteiger partial charge is 0.460 e. The van der Waals surface area contributed by atoms with Gasteiger partial charge in [-0.3, -0.25) is 14.4 Å². The molecule has 0 unspecified atom stereocenters. The van der Waals surface area contributed by atoms with Crippen LogP contribution in [0.2, 0.25) is 0 Å². The Bertz CT molecular complexity index is 888. The van der Waals surface area contributed by atoms with E-state index in [2.05, 4.69) is 5.32 Å². The van der Waals surface area contributed by atoms with Crippen molar-refractivity contribution in [1.29, 1.82) is 0 Å². The van der Waals surface area contributed by atoms with E-state index in [1.54, 1.807) is 65.8 Å². The predicted octanol–water partition coefficient (Wildman–Crippen LogP) is 2.80. The molecule has 0 radical (unpaired) electrons. The van der Waals surface area contributed by atoms with Crippen LogP contribution < -0.4 is 5.32 Å². The molecule has 1 atom stereocenters.